The smallest absolute Gasteiger partial charge is 0.308 e. The maximum Gasteiger partial charge on any atom is 0.308 e. The molecule has 0 radical (unpaired) electrons. The van der Waals surface area contributed by atoms with E-state index in [-0.39, 0.29) is 17.6 Å². The van der Waals surface area contributed by atoms with E-state index in [2.05, 4.69) is 25.3 Å². The zero-order chi connectivity index (χ0) is 20.8. The Labute approximate surface area is 174 Å². The third kappa shape index (κ3) is 4.83. The minimum Gasteiger partial charge on any atom is -0.412 e. The number of anilines is 1. The summed E-state index contributed by atoms with van der Waals surface area (Å²) in [5, 5.41) is 10.6. The lowest BCUT2D eigenvalue weighted by Gasteiger charge is -2.36. The fourth-order valence-corrected chi connectivity index (χ4v) is 3.51. The summed E-state index contributed by atoms with van der Waals surface area (Å²) < 4.78 is 19.4. The van der Waals surface area contributed by atoms with E-state index in [1.165, 1.54) is 6.07 Å². The Balaban J connectivity index is 1.18. The van der Waals surface area contributed by atoms with Crippen LogP contribution in [0.3, 0.4) is 0 Å². The van der Waals surface area contributed by atoms with Crippen LogP contribution in [0.5, 0.6) is 0 Å². The molecule has 0 bridgehead atoms. The normalized spacial score (nSPS) is 14.6. The molecule has 0 saturated carbocycles. The number of nitrogens with zero attached hydrogens (tertiary/aromatic N) is 4. The topological polar surface area (TPSA) is 74.5 Å². The predicted octanol–water partition coefficient (Wildman–Crippen LogP) is 2.82. The monoisotopic (exact) mass is 409 g/mol. The van der Waals surface area contributed by atoms with Crippen LogP contribution in [0.1, 0.15) is 17.1 Å². The van der Waals surface area contributed by atoms with E-state index in [9.17, 15) is 9.18 Å². The Morgan fingerprint density at radius 1 is 1.00 bits per heavy atom. The van der Waals surface area contributed by atoms with Crippen LogP contribution < -0.4 is 10.2 Å². The first-order valence-electron chi connectivity index (χ1n) is 10.1. The van der Waals surface area contributed by atoms with Crippen LogP contribution in [0.25, 0.3) is 11.5 Å². The molecule has 30 heavy (non-hydrogen) atoms. The van der Waals surface area contributed by atoms with Crippen molar-refractivity contribution in [3.63, 3.8) is 0 Å². The van der Waals surface area contributed by atoms with E-state index in [1.807, 2.05) is 42.5 Å². The number of rotatable bonds is 7. The van der Waals surface area contributed by atoms with Gasteiger partial charge in [0.05, 0.1) is 5.69 Å². The second-order valence-corrected chi connectivity index (χ2v) is 7.17. The summed E-state index contributed by atoms with van der Waals surface area (Å²) in [7, 11) is 0. The van der Waals surface area contributed by atoms with Crippen molar-refractivity contribution in [3.8, 4) is 11.5 Å². The van der Waals surface area contributed by atoms with Crippen molar-refractivity contribution in [1.82, 2.24) is 20.4 Å². The quantitative estimate of drug-likeness (QED) is 0.605. The highest BCUT2D eigenvalue weighted by atomic mass is 19.1. The Morgan fingerprint density at radius 3 is 2.50 bits per heavy atom. The summed E-state index contributed by atoms with van der Waals surface area (Å²) in [6, 6.07) is 16.2. The second-order valence-electron chi connectivity index (χ2n) is 7.17. The van der Waals surface area contributed by atoms with E-state index in [0.29, 0.717) is 18.1 Å². The highest BCUT2D eigenvalue weighted by molar-refractivity contribution is 5.89. The molecule has 0 unspecified atom stereocenters. The average Bonchev–Trinajstić information content (AvgIpc) is 3.29. The lowest BCUT2D eigenvalue weighted by Crippen LogP contribution is -2.47. The number of aromatic nitrogens is 2. The molecule has 1 amide bonds. The highest BCUT2D eigenvalue weighted by Gasteiger charge is 2.19. The maximum absolute atomic E-state index is 13.9. The maximum atomic E-state index is 13.9. The van der Waals surface area contributed by atoms with Gasteiger partial charge in [0.1, 0.15) is 5.82 Å². The second kappa shape index (κ2) is 9.49. The van der Waals surface area contributed by atoms with Gasteiger partial charge in [-0.15, -0.1) is 10.2 Å². The van der Waals surface area contributed by atoms with Gasteiger partial charge < -0.3 is 14.6 Å². The van der Waals surface area contributed by atoms with Crippen molar-refractivity contribution in [2.45, 2.75) is 6.42 Å². The number of carbonyl (C=O) groups excluding carboxylic acids is 1. The molecule has 0 atom stereocenters. The minimum absolute atomic E-state index is 0.0349. The summed E-state index contributed by atoms with van der Waals surface area (Å²) in [6.45, 7) is 4.70. The molecule has 1 aliphatic rings. The molecule has 4 rings (SSSR count). The number of benzene rings is 2. The van der Waals surface area contributed by atoms with Crippen molar-refractivity contribution in [3.05, 3.63) is 66.3 Å². The molecule has 3 aromatic rings. The van der Waals surface area contributed by atoms with Crippen molar-refractivity contribution < 1.29 is 13.6 Å². The van der Waals surface area contributed by atoms with E-state index < -0.39 is 0 Å². The minimum atomic E-state index is -0.367. The zero-order valence-corrected chi connectivity index (χ0v) is 16.6. The molecule has 8 heteroatoms. The molecule has 1 fully saturated rings. The summed E-state index contributed by atoms with van der Waals surface area (Å²) >= 11 is 0. The van der Waals surface area contributed by atoms with Crippen LogP contribution in [0.2, 0.25) is 0 Å². The zero-order valence-electron chi connectivity index (χ0n) is 16.6. The molecule has 0 aliphatic carbocycles. The first kappa shape index (κ1) is 20.0. The summed E-state index contributed by atoms with van der Waals surface area (Å²) in [5.74, 6) is -0.250. The number of hydrogen-bond donors (Lipinski definition) is 1. The predicted molar refractivity (Wildman–Crippen MR) is 112 cm³/mol. The average molecular weight is 409 g/mol. The van der Waals surface area contributed by atoms with Crippen molar-refractivity contribution in [1.29, 1.82) is 0 Å². The van der Waals surface area contributed by atoms with Crippen LogP contribution in [0.4, 0.5) is 10.1 Å². The van der Waals surface area contributed by atoms with Gasteiger partial charge in [-0.3, -0.25) is 9.69 Å². The van der Waals surface area contributed by atoms with Crippen molar-refractivity contribution >= 4 is 11.6 Å². The highest BCUT2D eigenvalue weighted by Crippen LogP contribution is 2.20. The van der Waals surface area contributed by atoms with Gasteiger partial charge in [0, 0.05) is 38.3 Å². The van der Waals surface area contributed by atoms with Crippen LogP contribution in [0.15, 0.2) is 59.0 Å². The Kier molecular flexibility index (Phi) is 6.34. The molecule has 156 valence electrons. The van der Waals surface area contributed by atoms with Crippen LogP contribution in [-0.4, -0.2) is 60.3 Å². The number of nitrogens with one attached hydrogen (secondary N) is 1. The fraction of sp³-hybridized carbons (Fsp3) is 0.318. The third-order valence-corrected chi connectivity index (χ3v) is 5.14. The number of para-hydroxylation sites is 1. The van der Waals surface area contributed by atoms with E-state index in [0.717, 1.165) is 44.7 Å². The van der Waals surface area contributed by atoms with Gasteiger partial charge in [-0.2, -0.15) is 0 Å². The molecule has 1 saturated heterocycles. The SMILES string of the molecule is O=C(NCCCN1CCN(c2ccccc2F)CC1)c1nnc(-c2ccccc2)o1. The Morgan fingerprint density at radius 2 is 1.73 bits per heavy atom. The third-order valence-electron chi connectivity index (χ3n) is 5.14. The van der Waals surface area contributed by atoms with Crippen LogP contribution in [-0.2, 0) is 0 Å². The summed E-state index contributed by atoms with van der Waals surface area (Å²) in [6.07, 6.45) is 0.811. The molecular formula is C22H24FN5O2. The van der Waals surface area contributed by atoms with Gasteiger partial charge in [-0.25, -0.2) is 4.39 Å². The number of hydrogen-bond acceptors (Lipinski definition) is 6. The first-order chi connectivity index (χ1) is 14.7. The standard InChI is InChI=1S/C22H24FN5O2/c23-18-9-4-5-10-19(18)28-15-13-27(14-16-28)12-6-11-24-20(29)22-26-25-21(30-22)17-7-2-1-3-8-17/h1-5,7-10H,6,11-16H2,(H,24,29). The number of carbonyl (C=O) groups is 1. The van der Waals surface area contributed by atoms with Gasteiger partial charge in [0.15, 0.2) is 0 Å². The van der Waals surface area contributed by atoms with Gasteiger partial charge in [0.2, 0.25) is 5.89 Å². The molecule has 7 nitrogen and oxygen atoms in total. The largest absolute Gasteiger partial charge is 0.412 e. The lowest BCUT2D eigenvalue weighted by atomic mass is 10.2. The summed E-state index contributed by atoms with van der Waals surface area (Å²) in [5.41, 5.74) is 1.44. The molecule has 2 heterocycles. The fourth-order valence-electron chi connectivity index (χ4n) is 3.51. The Hall–Kier alpha value is -3.26. The lowest BCUT2D eigenvalue weighted by molar-refractivity contribution is 0.0917. The van der Waals surface area contributed by atoms with E-state index >= 15 is 0 Å². The molecule has 2 aromatic carbocycles. The Bertz CT molecular complexity index is 970. The van der Waals surface area contributed by atoms with Gasteiger partial charge >= 0.3 is 11.8 Å². The number of piperazine rings is 1. The van der Waals surface area contributed by atoms with Gasteiger partial charge in [-0.05, 0) is 37.2 Å². The molecule has 1 aliphatic heterocycles. The molecular weight excluding hydrogens is 385 g/mol. The van der Waals surface area contributed by atoms with Crippen LogP contribution >= 0.6 is 0 Å². The molecule has 1 aromatic heterocycles. The van der Waals surface area contributed by atoms with E-state index in [4.69, 9.17) is 4.42 Å². The first-order valence-corrected chi connectivity index (χ1v) is 10.1. The molecule has 0 spiro atoms. The van der Waals surface area contributed by atoms with Gasteiger partial charge in [-0.1, -0.05) is 30.3 Å². The van der Waals surface area contributed by atoms with Crippen molar-refractivity contribution in [2.24, 2.45) is 0 Å². The van der Waals surface area contributed by atoms with Crippen LogP contribution in [0, 0.1) is 5.82 Å². The number of amides is 1. The molecule has 1 N–H and O–H groups in total. The van der Waals surface area contributed by atoms with E-state index in [1.54, 1.807) is 6.07 Å². The number of halogens is 1. The van der Waals surface area contributed by atoms with Gasteiger partial charge in [0.25, 0.3) is 0 Å². The summed E-state index contributed by atoms with van der Waals surface area (Å²) in [4.78, 5) is 16.6. The van der Waals surface area contributed by atoms with Crippen molar-refractivity contribution in [2.75, 3.05) is 44.2 Å².